The summed E-state index contributed by atoms with van der Waals surface area (Å²) in [5.41, 5.74) is 1.89. The maximum Gasteiger partial charge on any atom is 0.287 e. The molecule has 0 saturated carbocycles. The third-order valence-corrected chi connectivity index (χ3v) is 5.67. The quantitative estimate of drug-likeness (QED) is 0.434. The summed E-state index contributed by atoms with van der Waals surface area (Å²) in [5, 5.41) is 4.92. The fourth-order valence-electron chi connectivity index (χ4n) is 2.90. The van der Waals surface area contributed by atoms with Gasteiger partial charge in [-0.1, -0.05) is 56.2 Å². The Morgan fingerprint density at radius 2 is 1.66 bits per heavy atom. The Hall–Kier alpha value is -3.04. The molecule has 0 atom stereocenters. The predicted octanol–water partition coefficient (Wildman–Crippen LogP) is 2.21. The second-order valence-corrected chi connectivity index (χ2v) is 8.18. The van der Waals surface area contributed by atoms with E-state index in [2.05, 4.69) is 15.4 Å². The van der Waals surface area contributed by atoms with Crippen LogP contribution in [-0.4, -0.2) is 24.1 Å². The van der Waals surface area contributed by atoms with Gasteiger partial charge in [0, 0.05) is 11.9 Å². The lowest BCUT2D eigenvalue weighted by molar-refractivity contribution is 0.0939. The van der Waals surface area contributed by atoms with Crippen molar-refractivity contribution in [3.05, 3.63) is 70.6 Å². The van der Waals surface area contributed by atoms with E-state index in [4.69, 9.17) is 0 Å². The van der Waals surface area contributed by atoms with Crippen LogP contribution in [0.3, 0.4) is 0 Å². The summed E-state index contributed by atoms with van der Waals surface area (Å²) in [4.78, 5) is 27.5. The second-order valence-electron chi connectivity index (χ2n) is 6.50. The number of nitrogens with zero attached hydrogens (tertiary/aromatic N) is 2. The molecule has 9 heteroatoms. The first kappa shape index (κ1) is 20.7. The smallest absolute Gasteiger partial charge is 0.272 e. The van der Waals surface area contributed by atoms with Crippen molar-refractivity contribution in [3.8, 4) is 0 Å². The van der Waals surface area contributed by atoms with Gasteiger partial charge in [-0.2, -0.15) is 5.10 Å². The summed E-state index contributed by atoms with van der Waals surface area (Å²) in [7, 11) is -3.93. The zero-order chi connectivity index (χ0) is 20.9. The molecule has 1 aromatic heterocycles. The summed E-state index contributed by atoms with van der Waals surface area (Å²) >= 11 is 0. The number of hydrazine groups is 1. The molecular weight excluding hydrogens is 392 g/mol. The molecule has 0 radical (unpaired) electrons. The Kier molecular flexibility index (Phi) is 6.40. The molecule has 29 heavy (non-hydrogen) atoms. The number of carbonyl (C=O) groups excluding carboxylic acids is 1. The van der Waals surface area contributed by atoms with E-state index in [-0.39, 0.29) is 16.1 Å². The number of aromatic nitrogens is 2. The van der Waals surface area contributed by atoms with E-state index in [0.717, 1.165) is 19.3 Å². The zero-order valence-corrected chi connectivity index (χ0v) is 16.8. The maximum absolute atomic E-state index is 12.7. The van der Waals surface area contributed by atoms with Crippen molar-refractivity contribution in [2.75, 3.05) is 0 Å². The highest BCUT2D eigenvalue weighted by Gasteiger charge is 2.19. The highest BCUT2D eigenvalue weighted by atomic mass is 32.2. The summed E-state index contributed by atoms with van der Waals surface area (Å²) in [6.07, 6.45) is 2.67. The van der Waals surface area contributed by atoms with Crippen LogP contribution >= 0.6 is 0 Å². The number of fused-ring (bicyclic) bond motifs is 1. The number of unbranched alkanes of at least 4 members (excludes halogenated alkanes) is 2. The molecule has 152 valence electrons. The van der Waals surface area contributed by atoms with Crippen molar-refractivity contribution in [1.29, 1.82) is 0 Å². The number of carbonyl (C=O) groups is 1. The van der Waals surface area contributed by atoms with E-state index in [1.54, 1.807) is 42.5 Å². The van der Waals surface area contributed by atoms with Gasteiger partial charge in [-0.15, -0.1) is 4.83 Å². The molecule has 2 aromatic carbocycles. The number of sulfonamides is 1. The van der Waals surface area contributed by atoms with Crippen molar-refractivity contribution < 1.29 is 13.2 Å². The van der Waals surface area contributed by atoms with Crippen LogP contribution in [0.15, 0.2) is 64.3 Å². The Labute approximate surface area is 168 Å². The molecular formula is C20H22N4O4S. The zero-order valence-electron chi connectivity index (χ0n) is 16.0. The van der Waals surface area contributed by atoms with Crippen molar-refractivity contribution in [3.63, 3.8) is 0 Å². The highest BCUT2D eigenvalue weighted by Crippen LogP contribution is 2.14. The predicted molar refractivity (Wildman–Crippen MR) is 110 cm³/mol. The van der Waals surface area contributed by atoms with Crippen molar-refractivity contribution in [2.45, 2.75) is 37.6 Å². The SMILES string of the molecule is CCCCCn1nc(C(=O)NNS(=O)(=O)c2ccccc2)c2ccccc2c1=O. The van der Waals surface area contributed by atoms with Crippen LogP contribution in [0.1, 0.15) is 36.7 Å². The lowest BCUT2D eigenvalue weighted by Gasteiger charge is -2.12. The number of hydrogen-bond donors (Lipinski definition) is 2. The molecule has 0 spiro atoms. The molecule has 3 rings (SSSR count). The van der Waals surface area contributed by atoms with Crippen molar-refractivity contribution in [1.82, 2.24) is 20.0 Å². The summed E-state index contributed by atoms with van der Waals surface area (Å²) in [6.45, 7) is 2.43. The highest BCUT2D eigenvalue weighted by molar-refractivity contribution is 7.89. The van der Waals surface area contributed by atoms with Crippen LogP contribution in [0.5, 0.6) is 0 Å². The summed E-state index contributed by atoms with van der Waals surface area (Å²) < 4.78 is 25.9. The first-order valence-corrected chi connectivity index (χ1v) is 10.8. The van der Waals surface area contributed by atoms with Gasteiger partial charge in [-0.05, 0) is 24.6 Å². The maximum atomic E-state index is 12.7. The van der Waals surface area contributed by atoms with Crippen LogP contribution in [0.25, 0.3) is 10.8 Å². The van der Waals surface area contributed by atoms with Gasteiger partial charge in [0.2, 0.25) is 0 Å². The number of nitrogens with one attached hydrogen (secondary N) is 2. The Morgan fingerprint density at radius 1 is 1.00 bits per heavy atom. The molecule has 0 saturated heterocycles. The minimum absolute atomic E-state index is 0.0163. The van der Waals surface area contributed by atoms with Gasteiger partial charge in [0.1, 0.15) is 0 Å². The van der Waals surface area contributed by atoms with E-state index < -0.39 is 15.9 Å². The van der Waals surface area contributed by atoms with Crippen LogP contribution in [0, 0.1) is 0 Å². The fourth-order valence-corrected chi connectivity index (χ4v) is 3.76. The van der Waals surface area contributed by atoms with Gasteiger partial charge in [0.15, 0.2) is 5.69 Å². The van der Waals surface area contributed by atoms with E-state index >= 15 is 0 Å². The number of amides is 1. The summed E-state index contributed by atoms with van der Waals surface area (Å²) in [5.74, 6) is -0.745. The van der Waals surface area contributed by atoms with Crippen LogP contribution in [0.4, 0.5) is 0 Å². The standard InChI is InChI=1S/C20H22N4O4S/c1-2-3-9-14-24-20(26)17-13-8-7-12-16(17)18(22-24)19(25)21-23-29(27,28)15-10-5-4-6-11-15/h4-8,10-13,23H,2-3,9,14H2,1H3,(H,21,25). The van der Waals surface area contributed by atoms with Gasteiger partial charge < -0.3 is 0 Å². The monoisotopic (exact) mass is 414 g/mol. The molecule has 3 aromatic rings. The Bertz CT molecular complexity index is 1170. The number of aryl methyl sites for hydroxylation is 1. The topological polar surface area (TPSA) is 110 Å². The Morgan fingerprint density at radius 3 is 2.34 bits per heavy atom. The number of hydrogen-bond acceptors (Lipinski definition) is 5. The average molecular weight is 414 g/mol. The molecule has 0 aliphatic heterocycles. The molecule has 1 heterocycles. The lowest BCUT2D eigenvalue weighted by atomic mass is 10.1. The van der Waals surface area contributed by atoms with Crippen LogP contribution < -0.4 is 15.8 Å². The van der Waals surface area contributed by atoms with E-state index in [1.807, 2.05) is 6.92 Å². The third-order valence-electron chi connectivity index (χ3n) is 4.41. The molecule has 8 nitrogen and oxygen atoms in total. The number of rotatable bonds is 8. The average Bonchev–Trinajstić information content (AvgIpc) is 2.74. The molecule has 0 aliphatic carbocycles. The first-order chi connectivity index (χ1) is 13.9. The van der Waals surface area contributed by atoms with Crippen molar-refractivity contribution >= 4 is 26.7 Å². The molecule has 2 N–H and O–H groups in total. The van der Waals surface area contributed by atoms with Crippen LogP contribution in [0.2, 0.25) is 0 Å². The van der Waals surface area contributed by atoms with Gasteiger partial charge in [0.25, 0.3) is 21.5 Å². The largest absolute Gasteiger partial charge is 0.287 e. The molecule has 0 fully saturated rings. The van der Waals surface area contributed by atoms with Gasteiger partial charge in [-0.25, -0.2) is 13.1 Å². The number of benzene rings is 2. The van der Waals surface area contributed by atoms with Gasteiger partial charge in [-0.3, -0.25) is 15.0 Å². The van der Waals surface area contributed by atoms with E-state index in [1.165, 1.54) is 16.8 Å². The minimum Gasteiger partial charge on any atom is -0.272 e. The lowest BCUT2D eigenvalue weighted by Crippen LogP contribution is -2.42. The Balaban J connectivity index is 1.90. The minimum atomic E-state index is -3.93. The van der Waals surface area contributed by atoms with Gasteiger partial charge >= 0.3 is 0 Å². The molecule has 1 amide bonds. The normalized spacial score (nSPS) is 11.5. The first-order valence-electron chi connectivity index (χ1n) is 9.31. The van der Waals surface area contributed by atoms with E-state index in [0.29, 0.717) is 17.3 Å². The van der Waals surface area contributed by atoms with Crippen LogP contribution in [-0.2, 0) is 16.6 Å². The summed E-state index contributed by atoms with van der Waals surface area (Å²) in [6, 6.07) is 14.3. The fraction of sp³-hybridized carbons (Fsp3) is 0.250. The molecule has 0 unspecified atom stereocenters. The van der Waals surface area contributed by atoms with E-state index in [9.17, 15) is 18.0 Å². The van der Waals surface area contributed by atoms with Gasteiger partial charge in [0.05, 0.1) is 10.3 Å². The van der Waals surface area contributed by atoms with Crippen molar-refractivity contribution in [2.24, 2.45) is 0 Å². The second kappa shape index (κ2) is 8.97. The third kappa shape index (κ3) is 4.69. The molecule has 0 aliphatic rings. The molecule has 0 bridgehead atoms.